The molecule has 6 nitrogen and oxygen atoms in total. The molecule has 0 unspecified atom stereocenters. The number of ether oxygens (including phenoxy) is 1. The molecule has 0 aliphatic heterocycles. The Hall–Kier alpha value is -3.36. The second-order valence-corrected chi connectivity index (χ2v) is 8.90. The highest BCUT2D eigenvalue weighted by Gasteiger charge is 2.26. The van der Waals surface area contributed by atoms with Gasteiger partial charge in [0.25, 0.3) is 15.9 Å². The molecule has 0 spiro atoms. The molecule has 0 saturated heterocycles. The number of methoxy groups -OCH3 is 1. The van der Waals surface area contributed by atoms with E-state index >= 15 is 0 Å². The maximum atomic E-state index is 13.4. The highest BCUT2D eigenvalue weighted by molar-refractivity contribution is 7.92. The zero-order chi connectivity index (χ0) is 23.3. The molecule has 3 rings (SSSR count). The lowest BCUT2D eigenvalue weighted by Gasteiger charge is -2.23. The van der Waals surface area contributed by atoms with E-state index in [9.17, 15) is 17.6 Å². The predicted molar refractivity (Wildman–Crippen MR) is 124 cm³/mol. The predicted octanol–water partition coefficient (Wildman–Crippen LogP) is 5.12. The fourth-order valence-corrected chi connectivity index (χ4v) is 4.57. The first-order valence-corrected chi connectivity index (χ1v) is 11.2. The topological polar surface area (TPSA) is 75.7 Å². The Balaban J connectivity index is 1.96. The van der Waals surface area contributed by atoms with Gasteiger partial charge in [-0.25, -0.2) is 12.8 Å². The number of amides is 1. The Labute approximate surface area is 190 Å². The summed E-state index contributed by atoms with van der Waals surface area (Å²) in [6.45, 7) is 3.65. The molecular weight excluding hydrogens is 455 g/mol. The smallest absolute Gasteiger partial charge is 0.264 e. The van der Waals surface area contributed by atoms with Gasteiger partial charge in [-0.2, -0.15) is 0 Å². The normalized spacial score (nSPS) is 11.0. The molecule has 0 aliphatic carbocycles. The number of hydrogen-bond donors (Lipinski definition) is 1. The number of hydrogen-bond acceptors (Lipinski definition) is 4. The highest BCUT2D eigenvalue weighted by Crippen LogP contribution is 2.28. The van der Waals surface area contributed by atoms with Crippen LogP contribution in [0, 0.1) is 5.82 Å². The number of anilines is 2. The monoisotopic (exact) mass is 474 g/mol. The van der Waals surface area contributed by atoms with Gasteiger partial charge in [-0.3, -0.25) is 9.10 Å². The molecule has 32 heavy (non-hydrogen) atoms. The van der Waals surface area contributed by atoms with E-state index in [0.717, 1.165) is 4.31 Å². The first-order valence-electron chi connectivity index (χ1n) is 9.40. The number of carbonyl (C=O) groups excluding carboxylic acids is 1. The van der Waals surface area contributed by atoms with Gasteiger partial charge in [-0.05, 0) is 66.7 Å². The molecular formula is C23H20ClFN2O4S. The van der Waals surface area contributed by atoms with Crippen molar-refractivity contribution in [2.24, 2.45) is 0 Å². The van der Waals surface area contributed by atoms with Gasteiger partial charge in [0.2, 0.25) is 0 Å². The van der Waals surface area contributed by atoms with Gasteiger partial charge in [0.15, 0.2) is 0 Å². The van der Waals surface area contributed by atoms with Gasteiger partial charge in [0.05, 0.1) is 34.8 Å². The van der Waals surface area contributed by atoms with Crippen molar-refractivity contribution in [2.45, 2.75) is 4.90 Å². The number of benzene rings is 3. The van der Waals surface area contributed by atoms with E-state index in [4.69, 9.17) is 16.3 Å². The van der Waals surface area contributed by atoms with Crippen LogP contribution in [0.3, 0.4) is 0 Å². The Morgan fingerprint density at radius 2 is 1.78 bits per heavy atom. The molecule has 9 heteroatoms. The zero-order valence-corrected chi connectivity index (χ0v) is 18.7. The van der Waals surface area contributed by atoms with Crippen LogP contribution in [0.15, 0.2) is 84.3 Å². The van der Waals surface area contributed by atoms with Crippen molar-refractivity contribution in [1.82, 2.24) is 0 Å². The summed E-state index contributed by atoms with van der Waals surface area (Å²) >= 11 is 6.16. The highest BCUT2D eigenvalue weighted by atomic mass is 35.5. The van der Waals surface area contributed by atoms with E-state index in [2.05, 4.69) is 11.9 Å². The lowest BCUT2D eigenvalue weighted by atomic mass is 10.2. The molecule has 3 aromatic carbocycles. The van der Waals surface area contributed by atoms with Crippen molar-refractivity contribution in [1.29, 1.82) is 0 Å². The van der Waals surface area contributed by atoms with Gasteiger partial charge in [-0.15, -0.1) is 6.58 Å². The molecule has 0 aliphatic rings. The number of rotatable bonds is 8. The minimum Gasteiger partial charge on any atom is -0.497 e. The average Bonchev–Trinajstić information content (AvgIpc) is 2.79. The second kappa shape index (κ2) is 9.84. The summed E-state index contributed by atoms with van der Waals surface area (Å²) in [6, 6.07) is 15.5. The minimum absolute atomic E-state index is 0.00833. The molecule has 3 aromatic rings. The molecule has 1 amide bonds. The molecule has 0 heterocycles. The molecule has 0 fully saturated rings. The summed E-state index contributed by atoms with van der Waals surface area (Å²) < 4.78 is 46.2. The standard InChI is InChI=1S/C23H20ClFN2O4S/c1-3-14-27(18-8-10-19(31-2)11-9-18)32(29,30)20-12-13-22(24)21(15-20)23(28)26-17-6-4-16(25)5-7-17/h3-13,15H,1,14H2,2H3,(H,26,28). The molecule has 0 bridgehead atoms. The number of halogens is 2. The first kappa shape index (κ1) is 23.3. The lowest BCUT2D eigenvalue weighted by molar-refractivity contribution is 0.102. The van der Waals surface area contributed by atoms with Crippen LogP contribution in [0.4, 0.5) is 15.8 Å². The Morgan fingerprint density at radius 3 is 2.38 bits per heavy atom. The SMILES string of the molecule is C=CCN(c1ccc(OC)cc1)S(=O)(=O)c1ccc(Cl)c(C(=O)Nc2ccc(F)cc2)c1. The van der Waals surface area contributed by atoms with Crippen molar-refractivity contribution in [2.75, 3.05) is 23.3 Å². The first-order chi connectivity index (χ1) is 15.3. The van der Waals surface area contributed by atoms with Crippen molar-refractivity contribution in [3.05, 3.63) is 95.8 Å². The van der Waals surface area contributed by atoms with Gasteiger partial charge in [-0.1, -0.05) is 17.7 Å². The minimum atomic E-state index is -4.05. The number of nitrogens with zero attached hydrogens (tertiary/aromatic N) is 1. The average molecular weight is 475 g/mol. The largest absolute Gasteiger partial charge is 0.497 e. The van der Waals surface area contributed by atoms with Gasteiger partial charge in [0.1, 0.15) is 11.6 Å². The van der Waals surface area contributed by atoms with Crippen molar-refractivity contribution in [3.8, 4) is 5.75 Å². The third kappa shape index (κ3) is 5.09. The van der Waals surface area contributed by atoms with Crippen LogP contribution >= 0.6 is 11.6 Å². The van der Waals surface area contributed by atoms with Crippen molar-refractivity contribution < 1.29 is 22.3 Å². The van der Waals surface area contributed by atoms with Crippen LogP contribution in [0.25, 0.3) is 0 Å². The van der Waals surface area contributed by atoms with Crippen LogP contribution in [0.2, 0.25) is 5.02 Å². The number of nitrogens with one attached hydrogen (secondary N) is 1. The quantitative estimate of drug-likeness (QED) is 0.460. The summed E-state index contributed by atoms with van der Waals surface area (Å²) in [4.78, 5) is 12.6. The van der Waals surface area contributed by atoms with Crippen LogP contribution in [0.5, 0.6) is 5.75 Å². The fourth-order valence-electron chi connectivity index (χ4n) is 2.91. The van der Waals surface area contributed by atoms with Crippen molar-refractivity contribution in [3.63, 3.8) is 0 Å². The summed E-state index contributed by atoms with van der Waals surface area (Å²) in [7, 11) is -2.54. The molecule has 0 atom stereocenters. The molecule has 1 N–H and O–H groups in total. The zero-order valence-electron chi connectivity index (χ0n) is 17.1. The third-order valence-corrected chi connectivity index (χ3v) is 6.65. The summed E-state index contributed by atoms with van der Waals surface area (Å²) in [6.07, 6.45) is 1.46. The van der Waals surface area contributed by atoms with E-state index in [1.165, 1.54) is 55.7 Å². The number of sulfonamides is 1. The fraction of sp³-hybridized carbons (Fsp3) is 0.0870. The molecule has 166 valence electrons. The van der Waals surface area contributed by atoms with E-state index in [0.29, 0.717) is 17.1 Å². The maximum absolute atomic E-state index is 13.4. The lowest BCUT2D eigenvalue weighted by Crippen LogP contribution is -2.31. The molecule has 0 radical (unpaired) electrons. The van der Waals surface area contributed by atoms with Crippen LogP contribution < -0.4 is 14.4 Å². The summed E-state index contributed by atoms with van der Waals surface area (Å²) in [5, 5.41) is 2.65. The van der Waals surface area contributed by atoms with Crippen LogP contribution in [-0.4, -0.2) is 28.0 Å². The van der Waals surface area contributed by atoms with Gasteiger partial charge >= 0.3 is 0 Å². The Morgan fingerprint density at radius 1 is 1.12 bits per heavy atom. The van der Waals surface area contributed by atoms with E-state index in [1.54, 1.807) is 24.3 Å². The van der Waals surface area contributed by atoms with Gasteiger partial charge < -0.3 is 10.1 Å². The summed E-state index contributed by atoms with van der Waals surface area (Å²) in [5.74, 6) is -0.496. The van der Waals surface area contributed by atoms with Crippen molar-refractivity contribution >= 4 is 38.9 Å². The van der Waals surface area contributed by atoms with E-state index < -0.39 is 21.7 Å². The van der Waals surface area contributed by atoms with Gasteiger partial charge in [0, 0.05) is 5.69 Å². The second-order valence-electron chi connectivity index (χ2n) is 6.63. The number of carbonyl (C=O) groups is 1. The molecule has 0 aromatic heterocycles. The third-order valence-electron chi connectivity index (χ3n) is 4.53. The maximum Gasteiger partial charge on any atom is 0.264 e. The Kier molecular flexibility index (Phi) is 7.17. The Bertz CT molecular complexity index is 1230. The van der Waals surface area contributed by atoms with E-state index in [-0.39, 0.29) is 22.0 Å². The van der Waals surface area contributed by atoms with Crippen LogP contribution in [0.1, 0.15) is 10.4 Å². The summed E-state index contributed by atoms with van der Waals surface area (Å²) in [5.41, 5.74) is 0.704. The van der Waals surface area contributed by atoms with Crippen LogP contribution in [-0.2, 0) is 10.0 Å². The molecule has 0 saturated carbocycles. The van der Waals surface area contributed by atoms with E-state index in [1.807, 2.05) is 0 Å².